The van der Waals surface area contributed by atoms with E-state index in [1.54, 1.807) is 0 Å². The van der Waals surface area contributed by atoms with Crippen LogP contribution in [0.4, 0.5) is 4.79 Å². The molecule has 2 N–H and O–H groups in total. The van der Waals surface area contributed by atoms with Crippen molar-refractivity contribution >= 4 is 6.09 Å². The van der Waals surface area contributed by atoms with Crippen molar-refractivity contribution in [3.05, 3.63) is 18.5 Å². The maximum Gasteiger partial charge on any atom is 0.407 e. The minimum absolute atomic E-state index is 0.210. The Morgan fingerprint density at radius 2 is 2.13 bits per heavy atom. The lowest BCUT2D eigenvalue weighted by Crippen LogP contribution is -2.45. The Bertz CT molecular complexity index is 467. The number of hydrogen-bond acceptors (Lipinski definition) is 4. The Balaban J connectivity index is 1.63. The molecule has 130 valence electrons. The molecule has 0 aliphatic heterocycles. The molecule has 0 radical (unpaired) electrons. The van der Waals surface area contributed by atoms with Crippen LogP contribution in [-0.4, -0.2) is 40.1 Å². The molecule has 0 saturated heterocycles. The van der Waals surface area contributed by atoms with Crippen molar-refractivity contribution in [2.24, 2.45) is 0 Å². The first-order valence-corrected chi connectivity index (χ1v) is 8.63. The Morgan fingerprint density at radius 3 is 2.83 bits per heavy atom. The third kappa shape index (κ3) is 7.03. The molecule has 2 atom stereocenters. The fourth-order valence-electron chi connectivity index (χ4n) is 2.96. The predicted octanol–water partition coefficient (Wildman–Crippen LogP) is 2.70. The van der Waals surface area contributed by atoms with Gasteiger partial charge in [-0.3, -0.25) is 4.68 Å². The van der Waals surface area contributed by atoms with E-state index in [-0.39, 0.29) is 12.1 Å². The number of nitrogens with zero attached hydrogens (tertiary/aromatic N) is 2. The summed E-state index contributed by atoms with van der Waals surface area (Å²) in [5, 5.41) is 10.8. The predicted molar refractivity (Wildman–Crippen MR) is 90.3 cm³/mol. The minimum atomic E-state index is -0.442. The lowest BCUT2D eigenvalue weighted by molar-refractivity contribution is 0.0488. The number of amides is 1. The second-order valence-corrected chi connectivity index (χ2v) is 7.28. The zero-order chi connectivity index (χ0) is 16.7. The maximum absolute atomic E-state index is 11.9. The number of alkyl carbamates (subject to hydrolysis) is 1. The number of aryl methyl sites for hydroxylation is 1. The van der Waals surface area contributed by atoms with Crippen LogP contribution in [-0.2, 0) is 11.3 Å². The highest BCUT2D eigenvalue weighted by atomic mass is 16.6. The molecule has 1 saturated carbocycles. The lowest BCUT2D eigenvalue weighted by atomic mass is 9.91. The number of rotatable bonds is 6. The molecule has 23 heavy (non-hydrogen) atoms. The van der Waals surface area contributed by atoms with Gasteiger partial charge in [0, 0.05) is 31.0 Å². The van der Waals surface area contributed by atoms with Crippen LogP contribution in [0.15, 0.2) is 18.5 Å². The average Bonchev–Trinajstić information content (AvgIpc) is 2.95. The van der Waals surface area contributed by atoms with Crippen molar-refractivity contribution in [3.8, 4) is 0 Å². The summed E-state index contributed by atoms with van der Waals surface area (Å²) >= 11 is 0. The Morgan fingerprint density at radius 1 is 1.35 bits per heavy atom. The summed E-state index contributed by atoms with van der Waals surface area (Å²) < 4.78 is 7.29. The van der Waals surface area contributed by atoms with Gasteiger partial charge in [-0.1, -0.05) is 0 Å². The smallest absolute Gasteiger partial charge is 0.407 e. The van der Waals surface area contributed by atoms with Gasteiger partial charge in [0.25, 0.3) is 0 Å². The number of carbonyl (C=O) groups excluding carboxylic acids is 1. The number of nitrogens with one attached hydrogen (secondary N) is 2. The van der Waals surface area contributed by atoms with E-state index < -0.39 is 5.60 Å². The molecule has 2 rings (SSSR count). The quantitative estimate of drug-likeness (QED) is 0.790. The van der Waals surface area contributed by atoms with Crippen molar-refractivity contribution < 1.29 is 9.53 Å². The van der Waals surface area contributed by atoms with Crippen molar-refractivity contribution in [3.63, 3.8) is 0 Å². The van der Waals surface area contributed by atoms with Gasteiger partial charge in [-0.25, -0.2) is 4.79 Å². The van der Waals surface area contributed by atoms with Crippen molar-refractivity contribution in [2.45, 2.75) is 77.1 Å². The summed E-state index contributed by atoms with van der Waals surface area (Å²) in [4.78, 5) is 11.9. The van der Waals surface area contributed by atoms with E-state index in [1.807, 2.05) is 43.9 Å². The standard InChI is InChI=1S/C17H30N4O2/c1-17(2,3)23-16(22)20-15-8-4-7-14(13-15)18-9-5-11-21-12-6-10-19-21/h6,10,12,14-15,18H,4-5,7-9,11,13H2,1-3H3,(H,20,22). The summed E-state index contributed by atoms with van der Waals surface area (Å²) in [5.41, 5.74) is -0.442. The monoisotopic (exact) mass is 322 g/mol. The minimum Gasteiger partial charge on any atom is -0.444 e. The Labute approximate surface area is 139 Å². The molecular weight excluding hydrogens is 292 g/mol. The Hall–Kier alpha value is -1.56. The molecule has 1 amide bonds. The molecule has 0 aromatic carbocycles. The highest BCUT2D eigenvalue weighted by Crippen LogP contribution is 2.19. The van der Waals surface area contributed by atoms with Crippen molar-refractivity contribution in [1.82, 2.24) is 20.4 Å². The molecular formula is C17H30N4O2. The van der Waals surface area contributed by atoms with E-state index in [1.165, 1.54) is 6.42 Å². The van der Waals surface area contributed by atoms with E-state index in [0.717, 1.165) is 38.8 Å². The van der Waals surface area contributed by atoms with Crippen molar-refractivity contribution in [2.75, 3.05) is 6.54 Å². The second kappa shape index (κ2) is 8.34. The highest BCUT2D eigenvalue weighted by molar-refractivity contribution is 5.68. The van der Waals surface area contributed by atoms with Gasteiger partial charge in [-0.15, -0.1) is 0 Å². The van der Waals surface area contributed by atoms with Gasteiger partial charge in [-0.2, -0.15) is 5.10 Å². The SMILES string of the molecule is CC(C)(C)OC(=O)NC1CCCC(NCCCn2cccn2)C1. The topological polar surface area (TPSA) is 68.2 Å². The molecule has 6 heteroatoms. The van der Waals surface area contributed by atoms with Crippen LogP contribution < -0.4 is 10.6 Å². The fourth-order valence-corrected chi connectivity index (χ4v) is 2.96. The van der Waals surface area contributed by atoms with Gasteiger partial charge in [0.15, 0.2) is 0 Å². The summed E-state index contributed by atoms with van der Waals surface area (Å²) in [7, 11) is 0. The van der Waals surface area contributed by atoms with Crippen LogP contribution in [0.2, 0.25) is 0 Å². The molecule has 6 nitrogen and oxygen atoms in total. The van der Waals surface area contributed by atoms with Gasteiger partial charge in [0.2, 0.25) is 0 Å². The number of ether oxygens (including phenoxy) is 1. The first-order chi connectivity index (χ1) is 10.9. The largest absolute Gasteiger partial charge is 0.444 e. The average molecular weight is 322 g/mol. The van der Waals surface area contributed by atoms with E-state index >= 15 is 0 Å². The van der Waals surface area contributed by atoms with E-state index in [0.29, 0.717) is 6.04 Å². The van der Waals surface area contributed by atoms with Crippen molar-refractivity contribution in [1.29, 1.82) is 0 Å². The van der Waals surface area contributed by atoms with Crippen LogP contribution in [0.3, 0.4) is 0 Å². The summed E-state index contributed by atoms with van der Waals surface area (Å²) in [5.74, 6) is 0. The van der Waals surface area contributed by atoms with Crippen LogP contribution in [0.5, 0.6) is 0 Å². The van der Waals surface area contributed by atoms with Gasteiger partial charge in [0.05, 0.1) is 0 Å². The third-order valence-electron chi connectivity index (χ3n) is 3.95. The first kappa shape index (κ1) is 17.8. The third-order valence-corrected chi connectivity index (χ3v) is 3.95. The molecule has 0 spiro atoms. The molecule has 1 aliphatic rings. The normalized spacial score (nSPS) is 21.9. The van der Waals surface area contributed by atoms with Gasteiger partial charge in [0.1, 0.15) is 5.60 Å². The van der Waals surface area contributed by atoms with E-state index in [4.69, 9.17) is 4.74 Å². The summed E-state index contributed by atoms with van der Waals surface area (Å²) in [6, 6.07) is 2.63. The van der Waals surface area contributed by atoms with Gasteiger partial charge >= 0.3 is 6.09 Å². The van der Waals surface area contributed by atoms with Gasteiger partial charge < -0.3 is 15.4 Å². The van der Waals surface area contributed by atoms with Crippen LogP contribution >= 0.6 is 0 Å². The first-order valence-electron chi connectivity index (χ1n) is 8.63. The molecule has 0 bridgehead atoms. The molecule has 1 fully saturated rings. The zero-order valence-electron chi connectivity index (χ0n) is 14.5. The van der Waals surface area contributed by atoms with E-state index in [9.17, 15) is 4.79 Å². The van der Waals surface area contributed by atoms with Crippen LogP contribution in [0.1, 0.15) is 52.9 Å². The fraction of sp³-hybridized carbons (Fsp3) is 0.765. The van der Waals surface area contributed by atoms with Crippen LogP contribution in [0.25, 0.3) is 0 Å². The summed E-state index contributed by atoms with van der Waals surface area (Å²) in [6.45, 7) is 7.57. The molecule has 2 unspecified atom stereocenters. The lowest BCUT2D eigenvalue weighted by Gasteiger charge is -2.31. The van der Waals surface area contributed by atoms with E-state index in [2.05, 4.69) is 15.7 Å². The molecule has 1 aliphatic carbocycles. The Kier molecular flexibility index (Phi) is 6.45. The molecule has 1 aromatic rings. The number of aromatic nitrogens is 2. The zero-order valence-corrected chi connectivity index (χ0v) is 14.5. The molecule has 1 aromatic heterocycles. The number of carbonyl (C=O) groups is 1. The second-order valence-electron chi connectivity index (χ2n) is 7.28. The summed E-state index contributed by atoms with van der Waals surface area (Å²) in [6.07, 6.45) is 8.87. The van der Waals surface area contributed by atoms with Crippen LogP contribution in [0, 0.1) is 0 Å². The molecule has 1 heterocycles. The van der Waals surface area contributed by atoms with Gasteiger partial charge in [-0.05, 0) is 65.5 Å². The number of hydrogen-bond donors (Lipinski definition) is 2. The highest BCUT2D eigenvalue weighted by Gasteiger charge is 2.25. The maximum atomic E-state index is 11.9.